The summed E-state index contributed by atoms with van der Waals surface area (Å²) >= 11 is 4.41. The summed E-state index contributed by atoms with van der Waals surface area (Å²) in [6.45, 7) is 1.87. The zero-order valence-electron chi connectivity index (χ0n) is 8.27. The molecule has 1 N–H and O–H groups in total. The fourth-order valence-corrected chi connectivity index (χ4v) is 1.93. The molecule has 82 valence electrons. The Morgan fingerprint density at radius 2 is 2.31 bits per heavy atom. The van der Waals surface area contributed by atoms with E-state index in [1.807, 2.05) is 19.1 Å². The molecule has 0 atom stereocenters. The smallest absolute Gasteiger partial charge is 0.257 e. The Balaban J connectivity index is 2.24. The largest absolute Gasteiger partial charge is 0.295 e. The van der Waals surface area contributed by atoms with E-state index in [2.05, 4.69) is 36.0 Å². The molecule has 2 rings (SSSR count). The minimum Gasteiger partial charge on any atom is -0.295 e. The second-order valence-electron chi connectivity index (χ2n) is 3.03. The van der Waals surface area contributed by atoms with E-state index in [1.54, 1.807) is 6.07 Å². The predicted molar refractivity (Wildman–Crippen MR) is 64.5 cm³/mol. The van der Waals surface area contributed by atoms with Crippen LogP contribution in [0.1, 0.15) is 15.9 Å². The van der Waals surface area contributed by atoms with Crippen molar-refractivity contribution in [1.82, 2.24) is 14.8 Å². The minimum absolute atomic E-state index is 0.211. The Morgan fingerprint density at radius 1 is 1.50 bits per heavy atom. The minimum atomic E-state index is -0.211. The maximum absolute atomic E-state index is 11.9. The molecule has 1 heterocycles. The molecule has 1 aromatic heterocycles. The highest BCUT2D eigenvalue weighted by atomic mass is 79.9. The van der Waals surface area contributed by atoms with Crippen molar-refractivity contribution in [2.75, 3.05) is 5.32 Å². The van der Waals surface area contributed by atoms with Gasteiger partial charge in [-0.2, -0.15) is 0 Å². The van der Waals surface area contributed by atoms with Crippen molar-refractivity contribution in [3.05, 3.63) is 33.8 Å². The number of nitrogens with zero attached hydrogens (tertiary/aromatic N) is 3. The lowest BCUT2D eigenvalue weighted by molar-refractivity contribution is 0.102. The lowest BCUT2D eigenvalue weighted by Crippen LogP contribution is -2.13. The molecule has 0 spiro atoms. The number of anilines is 1. The van der Waals surface area contributed by atoms with Gasteiger partial charge in [-0.15, -0.1) is 0 Å². The van der Waals surface area contributed by atoms with E-state index in [1.165, 1.54) is 0 Å². The molecule has 5 nitrogen and oxygen atoms in total. The Bertz CT molecular complexity index is 514. The molecule has 0 aliphatic carbocycles. The quantitative estimate of drug-likeness (QED) is 0.923. The van der Waals surface area contributed by atoms with Crippen LogP contribution in [0.25, 0.3) is 0 Å². The number of rotatable bonds is 2. The molecule has 1 amide bonds. The summed E-state index contributed by atoms with van der Waals surface area (Å²) in [4.78, 5) is 11.9. The lowest BCUT2D eigenvalue weighted by Gasteiger charge is -2.05. The van der Waals surface area contributed by atoms with Crippen LogP contribution in [0.15, 0.2) is 22.7 Å². The van der Waals surface area contributed by atoms with Crippen LogP contribution in [0.3, 0.4) is 0 Å². The van der Waals surface area contributed by atoms with E-state index in [0.29, 0.717) is 10.7 Å². The van der Waals surface area contributed by atoms with Gasteiger partial charge in [0.2, 0.25) is 5.13 Å². The van der Waals surface area contributed by atoms with Crippen molar-refractivity contribution in [1.29, 1.82) is 0 Å². The summed E-state index contributed by atoms with van der Waals surface area (Å²) in [6, 6.07) is 5.45. The Morgan fingerprint density at radius 3 is 3.00 bits per heavy atom. The van der Waals surface area contributed by atoms with Crippen molar-refractivity contribution in [2.45, 2.75) is 6.92 Å². The first-order chi connectivity index (χ1) is 7.68. The molecule has 0 bridgehead atoms. The van der Waals surface area contributed by atoms with Gasteiger partial charge in [0.15, 0.2) is 0 Å². The highest BCUT2D eigenvalue weighted by Crippen LogP contribution is 2.20. The first-order valence-corrected chi connectivity index (χ1v) is 5.96. The average Bonchev–Trinajstić information content (AvgIpc) is 2.74. The van der Waals surface area contributed by atoms with E-state index in [9.17, 15) is 4.79 Å². The first-order valence-electron chi connectivity index (χ1n) is 4.40. The van der Waals surface area contributed by atoms with Crippen LogP contribution in [0.5, 0.6) is 0 Å². The Hall–Kier alpha value is -1.34. The molecular weight excluding hydrogens is 292 g/mol. The average molecular weight is 299 g/mol. The van der Waals surface area contributed by atoms with Gasteiger partial charge in [0.25, 0.3) is 5.91 Å². The fourth-order valence-electron chi connectivity index (χ4n) is 1.20. The Kier molecular flexibility index (Phi) is 3.25. The number of aromatic nitrogens is 3. The topological polar surface area (TPSA) is 67.8 Å². The van der Waals surface area contributed by atoms with Crippen molar-refractivity contribution in [2.24, 2.45) is 0 Å². The van der Waals surface area contributed by atoms with E-state index in [0.717, 1.165) is 21.6 Å². The molecule has 1 aromatic carbocycles. The van der Waals surface area contributed by atoms with Gasteiger partial charge in [-0.05, 0) is 29.8 Å². The van der Waals surface area contributed by atoms with Gasteiger partial charge in [-0.25, -0.2) is 0 Å². The molecule has 0 aliphatic heterocycles. The van der Waals surface area contributed by atoms with Gasteiger partial charge in [0, 0.05) is 21.6 Å². The van der Waals surface area contributed by atoms with Crippen molar-refractivity contribution >= 4 is 38.5 Å². The molecular formula is C9H7BrN4OS. The maximum Gasteiger partial charge on any atom is 0.257 e. The SMILES string of the molecule is Cc1c(Br)cccc1C(=O)Nc1nnns1. The summed E-state index contributed by atoms with van der Waals surface area (Å²) in [5.74, 6) is -0.211. The van der Waals surface area contributed by atoms with Crippen LogP contribution < -0.4 is 5.32 Å². The summed E-state index contributed by atoms with van der Waals surface area (Å²) < 4.78 is 4.46. The number of nitrogens with one attached hydrogen (secondary N) is 1. The third-order valence-corrected chi connectivity index (χ3v) is 3.40. The zero-order chi connectivity index (χ0) is 11.5. The van der Waals surface area contributed by atoms with E-state index in [-0.39, 0.29) is 5.91 Å². The van der Waals surface area contributed by atoms with Gasteiger partial charge in [-0.1, -0.05) is 31.6 Å². The number of hydrogen-bond acceptors (Lipinski definition) is 5. The second-order valence-corrected chi connectivity index (χ2v) is 4.62. The van der Waals surface area contributed by atoms with Gasteiger partial charge in [0.1, 0.15) is 0 Å². The predicted octanol–water partition coefficient (Wildman–Crippen LogP) is 2.26. The number of carbonyl (C=O) groups excluding carboxylic acids is 1. The van der Waals surface area contributed by atoms with Gasteiger partial charge < -0.3 is 0 Å². The molecule has 0 unspecified atom stereocenters. The van der Waals surface area contributed by atoms with Crippen molar-refractivity contribution in [3.8, 4) is 0 Å². The molecule has 0 saturated heterocycles. The second kappa shape index (κ2) is 4.67. The standard InChI is InChI=1S/C9H7BrN4OS/c1-5-6(3-2-4-7(5)10)8(15)11-9-12-13-14-16-9/h2-4H,1H3,(H,11,12,14,15). The Labute approximate surface area is 104 Å². The van der Waals surface area contributed by atoms with E-state index < -0.39 is 0 Å². The van der Waals surface area contributed by atoms with Gasteiger partial charge in [-0.3, -0.25) is 10.1 Å². The van der Waals surface area contributed by atoms with Gasteiger partial charge in [0.05, 0.1) is 0 Å². The molecule has 0 radical (unpaired) electrons. The third-order valence-electron chi connectivity index (χ3n) is 2.03. The summed E-state index contributed by atoms with van der Waals surface area (Å²) in [5.41, 5.74) is 1.49. The fraction of sp³-hybridized carbons (Fsp3) is 0.111. The molecule has 0 aliphatic rings. The summed E-state index contributed by atoms with van der Waals surface area (Å²) in [7, 11) is 0. The number of carbonyl (C=O) groups is 1. The zero-order valence-corrected chi connectivity index (χ0v) is 10.7. The lowest BCUT2D eigenvalue weighted by atomic mass is 10.1. The van der Waals surface area contributed by atoms with E-state index >= 15 is 0 Å². The number of benzene rings is 1. The summed E-state index contributed by atoms with van der Waals surface area (Å²) in [5, 5.41) is 10.1. The number of hydrogen-bond donors (Lipinski definition) is 1. The van der Waals surface area contributed by atoms with Crippen LogP contribution in [-0.4, -0.2) is 20.7 Å². The number of halogens is 1. The number of amides is 1. The highest BCUT2D eigenvalue weighted by Gasteiger charge is 2.12. The van der Waals surface area contributed by atoms with Crippen LogP contribution >= 0.6 is 27.5 Å². The van der Waals surface area contributed by atoms with Crippen LogP contribution in [0, 0.1) is 6.92 Å². The summed E-state index contributed by atoms with van der Waals surface area (Å²) in [6.07, 6.45) is 0. The first kappa shape index (κ1) is 11.2. The molecule has 16 heavy (non-hydrogen) atoms. The highest BCUT2D eigenvalue weighted by molar-refractivity contribution is 9.10. The molecule has 0 fully saturated rings. The van der Waals surface area contributed by atoms with Gasteiger partial charge >= 0.3 is 0 Å². The maximum atomic E-state index is 11.9. The third kappa shape index (κ3) is 2.25. The molecule has 0 saturated carbocycles. The molecule has 7 heteroatoms. The van der Waals surface area contributed by atoms with Crippen LogP contribution in [0.2, 0.25) is 0 Å². The van der Waals surface area contributed by atoms with Crippen LogP contribution in [0.4, 0.5) is 5.13 Å². The molecule has 2 aromatic rings. The monoisotopic (exact) mass is 298 g/mol. The normalized spacial score (nSPS) is 10.1. The van der Waals surface area contributed by atoms with Crippen molar-refractivity contribution in [3.63, 3.8) is 0 Å². The van der Waals surface area contributed by atoms with E-state index in [4.69, 9.17) is 0 Å². The van der Waals surface area contributed by atoms with Crippen LogP contribution in [-0.2, 0) is 0 Å². The van der Waals surface area contributed by atoms with Crippen molar-refractivity contribution < 1.29 is 4.79 Å².